The van der Waals surface area contributed by atoms with Gasteiger partial charge in [0.1, 0.15) is 36.0 Å². The fourth-order valence-electron chi connectivity index (χ4n) is 5.77. The maximum Gasteiger partial charge on any atom is 0.306 e. The zero-order valence-electron chi connectivity index (χ0n) is 20.2. The second-order valence-corrected chi connectivity index (χ2v) is 9.81. The number of dihydropyridines is 1. The number of halogens is 3. The highest BCUT2D eigenvalue weighted by molar-refractivity contribution is 6.01. The minimum Gasteiger partial charge on any atom is -0.481 e. The van der Waals surface area contributed by atoms with Gasteiger partial charge < -0.3 is 21.1 Å². The van der Waals surface area contributed by atoms with Crippen molar-refractivity contribution < 1.29 is 23.1 Å². The Labute approximate surface area is 216 Å². The Bertz CT molecular complexity index is 1490. The normalized spacial score (nSPS) is 24.5. The van der Waals surface area contributed by atoms with E-state index in [4.69, 9.17) is 10.8 Å². The van der Waals surface area contributed by atoms with Gasteiger partial charge in [-0.3, -0.25) is 4.79 Å². The molecule has 1 aromatic carbocycles. The molecule has 3 aromatic rings. The van der Waals surface area contributed by atoms with Crippen LogP contribution in [0.5, 0.6) is 0 Å². The molecule has 196 valence electrons. The van der Waals surface area contributed by atoms with E-state index in [1.54, 1.807) is 0 Å². The molecule has 11 heteroatoms. The number of rotatable bonds is 3. The molecule has 0 spiro atoms. The molecule has 3 fully saturated rings. The summed E-state index contributed by atoms with van der Waals surface area (Å²) in [7, 11) is 0. The number of benzene rings is 1. The van der Waals surface area contributed by atoms with E-state index in [9.17, 15) is 23.2 Å². The molecule has 7 rings (SSSR count). The fourth-order valence-corrected chi connectivity index (χ4v) is 5.77. The van der Waals surface area contributed by atoms with Gasteiger partial charge in [0.25, 0.3) is 0 Å². The average Bonchev–Trinajstić information content (AvgIpc) is 3.35. The van der Waals surface area contributed by atoms with Crippen LogP contribution < -0.4 is 11.1 Å². The molecule has 8 nitrogen and oxygen atoms in total. The lowest BCUT2D eigenvalue weighted by molar-refractivity contribution is -0.147. The molecule has 2 unspecified atom stereocenters. The molecule has 5 N–H and O–H groups in total. The maximum absolute atomic E-state index is 14.7. The van der Waals surface area contributed by atoms with Gasteiger partial charge in [0.05, 0.1) is 22.7 Å². The molecule has 0 amide bonds. The zero-order valence-corrected chi connectivity index (χ0v) is 20.2. The van der Waals surface area contributed by atoms with E-state index in [1.807, 2.05) is 6.07 Å². The number of aromatic amines is 1. The van der Waals surface area contributed by atoms with Crippen LogP contribution in [0.3, 0.4) is 0 Å². The summed E-state index contributed by atoms with van der Waals surface area (Å²) in [5, 5.41) is 21.4. The Morgan fingerprint density at radius 1 is 1.13 bits per heavy atom. The van der Waals surface area contributed by atoms with Crippen LogP contribution in [0.15, 0.2) is 48.5 Å². The smallest absolute Gasteiger partial charge is 0.306 e. The van der Waals surface area contributed by atoms with Crippen molar-refractivity contribution in [1.29, 1.82) is 5.26 Å². The lowest BCUT2D eigenvalue weighted by Gasteiger charge is -2.40. The topological polar surface area (TPSA) is 141 Å². The van der Waals surface area contributed by atoms with Gasteiger partial charge in [-0.2, -0.15) is 5.26 Å². The number of H-pyrrole nitrogens is 1. The summed E-state index contributed by atoms with van der Waals surface area (Å²) in [6.45, 7) is 0. The van der Waals surface area contributed by atoms with Crippen LogP contribution in [0.4, 0.5) is 13.2 Å². The van der Waals surface area contributed by atoms with Gasteiger partial charge in [0.2, 0.25) is 0 Å². The highest BCUT2D eigenvalue weighted by Gasteiger charge is 2.39. The molecule has 1 aliphatic heterocycles. The van der Waals surface area contributed by atoms with Crippen molar-refractivity contribution in [2.24, 2.45) is 23.5 Å². The Morgan fingerprint density at radius 3 is 2.42 bits per heavy atom. The predicted octanol–water partition coefficient (Wildman–Crippen LogP) is 4.64. The quantitative estimate of drug-likeness (QED) is 0.393. The molecule has 4 aliphatic rings. The van der Waals surface area contributed by atoms with E-state index < -0.39 is 29.6 Å². The number of allylic oxidation sites excluding steroid dienone is 2. The first-order valence-corrected chi connectivity index (χ1v) is 12.3. The van der Waals surface area contributed by atoms with Gasteiger partial charge in [0, 0.05) is 46.7 Å². The Balaban J connectivity index is 0.000000222. The number of aromatic nitrogens is 3. The molecule has 3 heterocycles. The molecule has 38 heavy (non-hydrogen) atoms. The molecule has 3 aliphatic carbocycles. The van der Waals surface area contributed by atoms with Crippen molar-refractivity contribution in [2.75, 3.05) is 0 Å². The van der Waals surface area contributed by atoms with Crippen molar-refractivity contribution in [2.45, 2.75) is 38.3 Å². The average molecular weight is 523 g/mol. The van der Waals surface area contributed by atoms with Crippen LogP contribution in [0.2, 0.25) is 0 Å². The van der Waals surface area contributed by atoms with Gasteiger partial charge in [0.15, 0.2) is 0 Å². The molecule has 3 saturated carbocycles. The second kappa shape index (κ2) is 10.3. The number of nitrogens with zero attached hydrogens (tertiary/aromatic N) is 3. The zero-order chi connectivity index (χ0) is 27.0. The Morgan fingerprint density at radius 2 is 1.84 bits per heavy atom. The monoisotopic (exact) mass is 522 g/mol. The highest BCUT2D eigenvalue weighted by atomic mass is 19.1. The van der Waals surface area contributed by atoms with E-state index in [0.717, 1.165) is 24.5 Å². The van der Waals surface area contributed by atoms with Crippen LogP contribution in [0.1, 0.15) is 43.2 Å². The summed E-state index contributed by atoms with van der Waals surface area (Å²) >= 11 is 0. The van der Waals surface area contributed by atoms with Crippen LogP contribution >= 0.6 is 0 Å². The van der Waals surface area contributed by atoms with E-state index in [2.05, 4.69) is 20.3 Å². The van der Waals surface area contributed by atoms with E-state index >= 15 is 0 Å². The molecular weight excluding hydrogens is 497 g/mol. The van der Waals surface area contributed by atoms with Crippen molar-refractivity contribution in [1.82, 2.24) is 20.3 Å². The maximum atomic E-state index is 14.7. The summed E-state index contributed by atoms with van der Waals surface area (Å²) in [6.07, 6.45) is 9.99. The highest BCUT2D eigenvalue weighted by Crippen LogP contribution is 2.45. The molecule has 2 atom stereocenters. The first kappa shape index (κ1) is 25.5. The van der Waals surface area contributed by atoms with Gasteiger partial charge in [-0.25, -0.2) is 23.1 Å². The van der Waals surface area contributed by atoms with E-state index in [-0.39, 0.29) is 44.8 Å². The van der Waals surface area contributed by atoms with Crippen molar-refractivity contribution >= 4 is 28.1 Å². The van der Waals surface area contributed by atoms with E-state index in [1.165, 1.54) is 50.6 Å². The number of hydrogen-bond acceptors (Lipinski definition) is 6. The van der Waals surface area contributed by atoms with Gasteiger partial charge in [-0.15, -0.1) is 0 Å². The second-order valence-electron chi connectivity index (χ2n) is 9.81. The van der Waals surface area contributed by atoms with Gasteiger partial charge in [-0.05, 0) is 37.2 Å². The van der Waals surface area contributed by atoms with Crippen LogP contribution in [-0.2, 0) is 4.79 Å². The predicted molar refractivity (Wildman–Crippen MR) is 133 cm³/mol. The summed E-state index contributed by atoms with van der Waals surface area (Å²) in [6, 6.07) is 3.81. The number of aliphatic carboxylic acids is 1. The molecule has 0 saturated heterocycles. The van der Waals surface area contributed by atoms with Gasteiger partial charge >= 0.3 is 5.97 Å². The van der Waals surface area contributed by atoms with Crippen molar-refractivity contribution in [3.05, 3.63) is 71.2 Å². The largest absolute Gasteiger partial charge is 0.481 e. The minimum atomic E-state index is -1.25. The van der Waals surface area contributed by atoms with Crippen LogP contribution in [-0.4, -0.2) is 32.2 Å². The minimum absolute atomic E-state index is 0.00231. The Kier molecular flexibility index (Phi) is 6.91. The van der Waals surface area contributed by atoms with Crippen LogP contribution in [0.25, 0.3) is 22.2 Å². The Hall–Kier alpha value is -4.17. The SMILES string of the molecule is N#CC1=C(c2c[nH]c3c(F)cc(F)cc23)NC(N)C(F)=C1c1cncnc1.O=C(O)C1CC2CCC1CC2. The number of fused-ring (bicyclic) bond motifs is 4. The standard InChI is InChI=1S/C18H11F3N6.C9H14O2/c19-9-1-10-12(6-26-17(10)13(20)2-9)16-11(3-22)14(15(21)18(23)27-16)8-4-24-7-25-5-8;10-9(11)8-5-6-1-3-7(8)4-2-6/h1-2,4-7,18,26-27H,23H2;6-8H,1-5H2,(H,10,11). The number of hydrogen-bond donors (Lipinski definition) is 4. The third-order valence-corrected chi connectivity index (χ3v) is 7.61. The summed E-state index contributed by atoms with van der Waals surface area (Å²) < 4.78 is 42.5. The third-order valence-electron chi connectivity index (χ3n) is 7.61. The molecule has 0 radical (unpaired) electrons. The summed E-state index contributed by atoms with van der Waals surface area (Å²) in [5.41, 5.74) is 6.46. The lowest BCUT2D eigenvalue weighted by Crippen LogP contribution is -2.40. The molecular formula is C27H25F3N6O2. The van der Waals surface area contributed by atoms with Crippen LogP contribution in [0, 0.1) is 40.7 Å². The number of nitrogens with two attached hydrogens (primary N) is 1. The summed E-state index contributed by atoms with van der Waals surface area (Å²) in [4.78, 5) is 21.1. The number of carboxylic acid groups (broad SMARTS) is 1. The summed E-state index contributed by atoms with van der Waals surface area (Å²) in [5.74, 6) is -1.63. The number of nitriles is 1. The van der Waals surface area contributed by atoms with Crippen molar-refractivity contribution in [3.8, 4) is 6.07 Å². The first-order chi connectivity index (χ1) is 18.3. The molecule has 2 aromatic heterocycles. The molecule has 2 bridgehead atoms. The van der Waals surface area contributed by atoms with Gasteiger partial charge in [-0.1, -0.05) is 12.8 Å². The number of nitrogens with one attached hydrogen (secondary N) is 2. The number of carboxylic acids is 1. The third kappa shape index (κ3) is 4.63. The van der Waals surface area contributed by atoms with E-state index in [0.29, 0.717) is 5.92 Å². The lowest BCUT2D eigenvalue weighted by atomic mass is 9.65. The van der Waals surface area contributed by atoms with Crippen molar-refractivity contribution in [3.63, 3.8) is 0 Å². The first-order valence-electron chi connectivity index (χ1n) is 12.3. The number of carbonyl (C=O) groups is 1. The fraction of sp³-hybridized carbons (Fsp3) is 0.333.